The Morgan fingerprint density at radius 2 is 1.88 bits per heavy atom. The molecule has 0 aliphatic heterocycles. The summed E-state index contributed by atoms with van der Waals surface area (Å²) in [5, 5.41) is 0. The van der Waals surface area contributed by atoms with Crippen LogP contribution in [0.4, 0.5) is 0 Å². The first kappa shape index (κ1) is 13.1. The molecule has 5 heteroatoms. The van der Waals surface area contributed by atoms with Gasteiger partial charge < -0.3 is 10.5 Å². The molecule has 0 amide bonds. The van der Waals surface area contributed by atoms with E-state index in [1.54, 1.807) is 18.4 Å². The second-order valence-corrected chi connectivity index (χ2v) is 7.28. The summed E-state index contributed by atoms with van der Waals surface area (Å²) in [5.74, 6) is 0.839. The van der Waals surface area contributed by atoms with Crippen molar-refractivity contribution in [2.45, 2.75) is 6.04 Å². The Labute approximate surface area is 121 Å². The number of benzene rings is 1. The highest BCUT2D eigenvalue weighted by Gasteiger charge is 2.15. The number of halogens is 2. The number of nitrogens with two attached hydrogens (primary N) is 1. The van der Waals surface area contributed by atoms with Crippen molar-refractivity contribution >= 4 is 43.2 Å². The lowest BCUT2D eigenvalue weighted by atomic mass is 10.0. The summed E-state index contributed by atoms with van der Waals surface area (Å²) in [4.78, 5) is 0. The summed E-state index contributed by atoms with van der Waals surface area (Å²) >= 11 is 8.62. The summed E-state index contributed by atoms with van der Waals surface area (Å²) < 4.78 is 7.26. The predicted molar refractivity (Wildman–Crippen MR) is 78.7 cm³/mol. The van der Waals surface area contributed by atoms with Gasteiger partial charge in [0.05, 0.1) is 20.7 Å². The topological polar surface area (TPSA) is 35.2 Å². The molecule has 17 heavy (non-hydrogen) atoms. The average molecular weight is 377 g/mol. The van der Waals surface area contributed by atoms with Crippen LogP contribution in [0.1, 0.15) is 17.2 Å². The summed E-state index contributed by atoms with van der Waals surface area (Å²) in [6.07, 6.45) is 0. The number of thiophene rings is 1. The van der Waals surface area contributed by atoms with Gasteiger partial charge in [0.25, 0.3) is 0 Å². The highest BCUT2D eigenvalue weighted by atomic mass is 79.9. The molecule has 0 saturated heterocycles. The number of hydrogen-bond donors (Lipinski definition) is 1. The third kappa shape index (κ3) is 2.91. The van der Waals surface area contributed by atoms with Gasteiger partial charge in [-0.25, -0.2) is 0 Å². The van der Waals surface area contributed by atoms with Crippen molar-refractivity contribution in [2.75, 3.05) is 7.11 Å². The van der Waals surface area contributed by atoms with E-state index in [1.807, 2.05) is 30.3 Å². The van der Waals surface area contributed by atoms with E-state index in [1.165, 1.54) is 0 Å². The fourth-order valence-corrected chi connectivity index (χ4v) is 4.48. The van der Waals surface area contributed by atoms with Crippen molar-refractivity contribution in [3.8, 4) is 5.75 Å². The Morgan fingerprint density at radius 3 is 2.35 bits per heavy atom. The van der Waals surface area contributed by atoms with Crippen molar-refractivity contribution in [2.24, 2.45) is 5.73 Å². The van der Waals surface area contributed by atoms with E-state index >= 15 is 0 Å². The van der Waals surface area contributed by atoms with Crippen LogP contribution < -0.4 is 10.5 Å². The molecule has 0 spiro atoms. The fraction of sp³-hybridized carbons (Fsp3) is 0.167. The average Bonchev–Trinajstić information content (AvgIpc) is 2.68. The van der Waals surface area contributed by atoms with Crippen molar-refractivity contribution in [3.63, 3.8) is 0 Å². The molecular weight excluding hydrogens is 366 g/mol. The summed E-state index contributed by atoms with van der Waals surface area (Å²) in [6, 6.07) is 9.74. The van der Waals surface area contributed by atoms with Crippen LogP contribution in [0, 0.1) is 0 Å². The molecule has 0 saturated carbocycles. The molecule has 0 aliphatic rings. The molecule has 90 valence electrons. The lowest BCUT2D eigenvalue weighted by Gasteiger charge is -2.11. The van der Waals surface area contributed by atoms with Gasteiger partial charge in [-0.15, -0.1) is 11.3 Å². The Hall–Kier alpha value is -0.360. The minimum Gasteiger partial charge on any atom is -0.497 e. The second kappa shape index (κ2) is 5.52. The Bertz CT molecular complexity index is 510. The first-order chi connectivity index (χ1) is 8.11. The SMILES string of the molecule is COc1ccc(C(N)c2cc(Br)sc2Br)cc1. The molecule has 0 radical (unpaired) electrons. The van der Waals surface area contributed by atoms with Gasteiger partial charge >= 0.3 is 0 Å². The van der Waals surface area contributed by atoms with Gasteiger partial charge in [0.15, 0.2) is 0 Å². The monoisotopic (exact) mass is 375 g/mol. The van der Waals surface area contributed by atoms with E-state index in [0.717, 1.165) is 24.4 Å². The molecule has 0 aliphatic carbocycles. The molecule has 1 atom stereocenters. The lowest BCUT2D eigenvalue weighted by molar-refractivity contribution is 0.414. The molecular formula is C12H11Br2NOS. The van der Waals surface area contributed by atoms with E-state index < -0.39 is 0 Å². The highest BCUT2D eigenvalue weighted by Crippen LogP contribution is 2.37. The smallest absolute Gasteiger partial charge is 0.118 e. The Balaban J connectivity index is 2.30. The van der Waals surface area contributed by atoms with Crippen molar-refractivity contribution < 1.29 is 4.74 Å². The predicted octanol–water partition coefficient (Wildman–Crippen LogP) is 4.33. The van der Waals surface area contributed by atoms with Crippen molar-refractivity contribution in [1.82, 2.24) is 0 Å². The third-order valence-corrected chi connectivity index (χ3v) is 4.88. The Kier molecular flexibility index (Phi) is 4.25. The van der Waals surface area contributed by atoms with Crippen LogP contribution in [0.25, 0.3) is 0 Å². The van der Waals surface area contributed by atoms with Gasteiger partial charge in [-0.1, -0.05) is 12.1 Å². The molecule has 2 nitrogen and oxygen atoms in total. The zero-order chi connectivity index (χ0) is 12.4. The summed E-state index contributed by atoms with van der Waals surface area (Å²) in [7, 11) is 1.65. The van der Waals surface area contributed by atoms with Gasteiger partial charge in [-0.2, -0.15) is 0 Å². The van der Waals surface area contributed by atoms with E-state index in [-0.39, 0.29) is 6.04 Å². The van der Waals surface area contributed by atoms with Crippen LogP contribution in [0.3, 0.4) is 0 Å². The first-order valence-corrected chi connectivity index (χ1v) is 7.36. The van der Waals surface area contributed by atoms with Crippen LogP contribution in [0.2, 0.25) is 0 Å². The maximum Gasteiger partial charge on any atom is 0.118 e. The number of rotatable bonds is 3. The molecule has 2 aromatic rings. The van der Waals surface area contributed by atoms with E-state index in [2.05, 4.69) is 31.9 Å². The summed E-state index contributed by atoms with van der Waals surface area (Å²) in [6.45, 7) is 0. The normalized spacial score (nSPS) is 12.5. The second-order valence-electron chi connectivity index (χ2n) is 3.53. The maximum absolute atomic E-state index is 6.24. The quantitative estimate of drug-likeness (QED) is 0.865. The van der Waals surface area contributed by atoms with Crippen LogP contribution in [-0.4, -0.2) is 7.11 Å². The largest absolute Gasteiger partial charge is 0.497 e. The molecule has 2 rings (SSSR count). The molecule has 0 bridgehead atoms. The van der Waals surface area contributed by atoms with E-state index in [0.29, 0.717) is 0 Å². The molecule has 0 fully saturated rings. The molecule has 2 N–H and O–H groups in total. The highest BCUT2D eigenvalue weighted by molar-refractivity contribution is 9.12. The van der Waals surface area contributed by atoms with Crippen molar-refractivity contribution in [1.29, 1.82) is 0 Å². The minimum absolute atomic E-state index is 0.127. The first-order valence-electron chi connectivity index (χ1n) is 4.96. The van der Waals surface area contributed by atoms with Gasteiger partial charge in [-0.3, -0.25) is 0 Å². The number of ether oxygens (including phenoxy) is 1. The lowest BCUT2D eigenvalue weighted by Crippen LogP contribution is -2.11. The van der Waals surface area contributed by atoms with Gasteiger partial charge in [0, 0.05) is 0 Å². The van der Waals surface area contributed by atoms with E-state index in [4.69, 9.17) is 10.5 Å². The molecule has 1 aromatic carbocycles. The van der Waals surface area contributed by atoms with Gasteiger partial charge in [0.2, 0.25) is 0 Å². The zero-order valence-corrected chi connectivity index (χ0v) is 13.1. The molecule has 1 heterocycles. The number of methoxy groups -OCH3 is 1. The van der Waals surface area contributed by atoms with E-state index in [9.17, 15) is 0 Å². The Morgan fingerprint density at radius 1 is 1.24 bits per heavy atom. The molecule has 1 aromatic heterocycles. The van der Waals surface area contributed by atoms with Crippen LogP contribution in [0.15, 0.2) is 37.9 Å². The maximum atomic E-state index is 6.24. The van der Waals surface area contributed by atoms with Gasteiger partial charge in [-0.05, 0) is 61.2 Å². The van der Waals surface area contributed by atoms with Crippen LogP contribution in [0.5, 0.6) is 5.75 Å². The summed E-state index contributed by atoms with van der Waals surface area (Å²) in [5.41, 5.74) is 8.39. The zero-order valence-electron chi connectivity index (χ0n) is 9.11. The van der Waals surface area contributed by atoms with Crippen LogP contribution >= 0.6 is 43.2 Å². The van der Waals surface area contributed by atoms with Gasteiger partial charge in [0.1, 0.15) is 5.75 Å². The third-order valence-electron chi connectivity index (χ3n) is 2.49. The fourth-order valence-electron chi connectivity index (χ4n) is 1.56. The minimum atomic E-state index is -0.127. The van der Waals surface area contributed by atoms with Crippen LogP contribution in [-0.2, 0) is 0 Å². The number of hydrogen-bond acceptors (Lipinski definition) is 3. The molecule has 1 unspecified atom stereocenters. The van der Waals surface area contributed by atoms with Crippen molar-refractivity contribution in [3.05, 3.63) is 49.0 Å². The standard InChI is InChI=1S/C12H11Br2NOS/c1-16-8-4-2-7(3-5-8)11(15)9-6-10(13)17-12(9)14/h2-6,11H,15H2,1H3.